The molecule has 0 radical (unpaired) electrons. The van der Waals surface area contributed by atoms with Crippen molar-refractivity contribution in [3.63, 3.8) is 0 Å². The van der Waals surface area contributed by atoms with E-state index in [9.17, 15) is 0 Å². The van der Waals surface area contributed by atoms with Crippen molar-refractivity contribution in [2.75, 3.05) is 13.1 Å². The summed E-state index contributed by atoms with van der Waals surface area (Å²) in [6, 6.07) is 0. The Morgan fingerprint density at radius 1 is 1.29 bits per heavy atom. The van der Waals surface area contributed by atoms with E-state index in [0.29, 0.717) is 0 Å². The first-order valence-electron chi connectivity index (χ1n) is 6.14. The van der Waals surface area contributed by atoms with Crippen LogP contribution in [-0.4, -0.2) is 13.1 Å². The first-order chi connectivity index (χ1) is 6.75. The molecule has 14 heavy (non-hydrogen) atoms. The number of hydrogen-bond donors (Lipinski definition) is 1. The van der Waals surface area contributed by atoms with Crippen molar-refractivity contribution in [2.24, 2.45) is 23.7 Å². The van der Waals surface area contributed by atoms with Crippen LogP contribution in [0, 0.1) is 23.7 Å². The second kappa shape index (κ2) is 4.48. The molecule has 0 aromatic rings. The monoisotopic (exact) mass is 193 g/mol. The molecule has 2 rings (SSSR count). The Kier molecular flexibility index (Phi) is 3.27. The van der Waals surface area contributed by atoms with Crippen LogP contribution in [-0.2, 0) is 0 Å². The van der Waals surface area contributed by atoms with Crippen molar-refractivity contribution in [3.05, 3.63) is 12.2 Å². The standard InChI is InChI=1S/C13H23N/c1-10(2)5-6-14-9-13-8-11-3-4-12(13)7-11/h3-4,10-14H,5-9H2,1-2H3/t11-,12-,13-/m0/s1. The lowest BCUT2D eigenvalue weighted by Gasteiger charge is -2.18. The Bertz CT molecular complexity index is 207. The average molecular weight is 193 g/mol. The van der Waals surface area contributed by atoms with Gasteiger partial charge in [-0.05, 0) is 56.0 Å². The highest BCUT2D eigenvalue weighted by atomic mass is 14.9. The fourth-order valence-electron chi connectivity index (χ4n) is 2.81. The minimum atomic E-state index is 0.836. The summed E-state index contributed by atoms with van der Waals surface area (Å²) in [6.45, 7) is 7.04. The van der Waals surface area contributed by atoms with Crippen molar-refractivity contribution in [1.29, 1.82) is 0 Å². The number of fused-ring (bicyclic) bond motifs is 2. The highest BCUT2D eigenvalue weighted by Gasteiger charge is 2.34. The summed E-state index contributed by atoms with van der Waals surface area (Å²) in [7, 11) is 0. The minimum Gasteiger partial charge on any atom is -0.316 e. The number of hydrogen-bond acceptors (Lipinski definition) is 1. The van der Waals surface area contributed by atoms with Crippen LogP contribution in [0.1, 0.15) is 33.1 Å². The van der Waals surface area contributed by atoms with Crippen molar-refractivity contribution in [3.8, 4) is 0 Å². The normalized spacial score (nSPS) is 34.6. The lowest BCUT2D eigenvalue weighted by Crippen LogP contribution is -2.26. The third-order valence-corrected chi connectivity index (χ3v) is 3.72. The van der Waals surface area contributed by atoms with Crippen molar-refractivity contribution in [2.45, 2.75) is 33.1 Å². The molecule has 0 heterocycles. The fraction of sp³-hybridized carbons (Fsp3) is 0.846. The molecule has 2 aliphatic rings. The van der Waals surface area contributed by atoms with E-state index in [2.05, 4.69) is 31.3 Å². The summed E-state index contributed by atoms with van der Waals surface area (Å²) in [6.07, 6.45) is 9.07. The van der Waals surface area contributed by atoms with Crippen LogP contribution in [0.15, 0.2) is 12.2 Å². The lowest BCUT2D eigenvalue weighted by molar-refractivity contribution is 0.405. The summed E-state index contributed by atoms with van der Waals surface area (Å²) in [5.74, 6) is 3.61. The molecule has 0 aliphatic heterocycles. The molecule has 1 N–H and O–H groups in total. The van der Waals surface area contributed by atoms with Gasteiger partial charge in [0, 0.05) is 0 Å². The Morgan fingerprint density at radius 3 is 2.71 bits per heavy atom. The highest BCUT2D eigenvalue weighted by molar-refractivity contribution is 5.10. The second-order valence-corrected chi connectivity index (χ2v) is 5.43. The molecule has 0 spiro atoms. The van der Waals surface area contributed by atoms with Gasteiger partial charge in [0.15, 0.2) is 0 Å². The molecule has 80 valence electrons. The molecule has 2 aliphatic carbocycles. The Balaban J connectivity index is 1.61. The third-order valence-electron chi connectivity index (χ3n) is 3.72. The maximum Gasteiger partial charge on any atom is -0.00147 e. The zero-order valence-corrected chi connectivity index (χ0v) is 9.50. The molecule has 0 amide bonds. The molecule has 0 saturated heterocycles. The van der Waals surface area contributed by atoms with Crippen LogP contribution in [0.2, 0.25) is 0 Å². The largest absolute Gasteiger partial charge is 0.316 e. The van der Waals surface area contributed by atoms with Gasteiger partial charge >= 0.3 is 0 Å². The molecule has 3 atom stereocenters. The molecule has 1 nitrogen and oxygen atoms in total. The van der Waals surface area contributed by atoms with Gasteiger partial charge in [-0.25, -0.2) is 0 Å². The SMILES string of the molecule is CC(C)CCNC[C@@H]1C[C@H]2C=C[C@H]1C2. The zero-order valence-electron chi connectivity index (χ0n) is 9.50. The van der Waals surface area contributed by atoms with Crippen LogP contribution in [0.5, 0.6) is 0 Å². The average Bonchev–Trinajstić information content (AvgIpc) is 2.73. The molecule has 1 fully saturated rings. The van der Waals surface area contributed by atoms with E-state index in [4.69, 9.17) is 0 Å². The Hall–Kier alpha value is -0.300. The number of allylic oxidation sites excluding steroid dienone is 2. The maximum atomic E-state index is 3.61. The van der Waals surface area contributed by atoms with Gasteiger partial charge in [0.25, 0.3) is 0 Å². The number of rotatable bonds is 5. The van der Waals surface area contributed by atoms with E-state index in [0.717, 1.165) is 23.7 Å². The smallest absolute Gasteiger partial charge is 0.00147 e. The molecule has 1 saturated carbocycles. The van der Waals surface area contributed by atoms with Crippen LogP contribution in [0.4, 0.5) is 0 Å². The van der Waals surface area contributed by atoms with E-state index >= 15 is 0 Å². The second-order valence-electron chi connectivity index (χ2n) is 5.43. The van der Waals surface area contributed by atoms with Crippen molar-refractivity contribution >= 4 is 0 Å². The van der Waals surface area contributed by atoms with E-state index in [1.807, 2.05) is 0 Å². The molecule has 1 heteroatoms. The van der Waals surface area contributed by atoms with E-state index in [1.54, 1.807) is 0 Å². The molecule has 0 aromatic carbocycles. The van der Waals surface area contributed by atoms with E-state index in [1.165, 1.54) is 32.4 Å². The van der Waals surface area contributed by atoms with Crippen LogP contribution in [0.3, 0.4) is 0 Å². The summed E-state index contributed by atoms with van der Waals surface area (Å²) in [5, 5.41) is 3.61. The Morgan fingerprint density at radius 2 is 2.14 bits per heavy atom. The van der Waals surface area contributed by atoms with Gasteiger partial charge < -0.3 is 5.32 Å². The summed E-state index contributed by atoms with van der Waals surface area (Å²) >= 11 is 0. The highest BCUT2D eigenvalue weighted by Crippen LogP contribution is 2.42. The maximum absolute atomic E-state index is 3.61. The summed E-state index contributed by atoms with van der Waals surface area (Å²) in [4.78, 5) is 0. The van der Waals surface area contributed by atoms with Gasteiger partial charge in [0.05, 0.1) is 0 Å². The lowest BCUT2D eigenvalue weighted by atomic mass is 9.93. The predicted molar refractivity (Wildman–Crippen MR) is 61.2 cm³/mol. The minimum absolute atomic E-state index is 0.836. The van der Waals surface area contributed by atoms with Gasteiger partial charge in [0.2, 0.25) is 0 Å². The number of nitrogens with one attached hydrogen (secondary N) is 1. The van der Waals surface area contributed by atoms with Crippen molar-refractivity contribution < 1.29 is 0 Å². The first kappa shape index (κ1) is 10.2. The molecule has 0 aromatic heterocycles. The summed E-state index contributed by atoms with van der Waals surface area (Å²) < 4.78 is 0. The fourth-order valence-corrected chi connectivity index (χ4v) is 2.81. The van der Waals surface area contributed by atoms with Gasteiger partial charge in [-0.15, -0.1) is 0 Å². The quantitative estimate of drug-likeness (QED) is 0.523. The molecule has 2 bridgehead atoms. The van der Waals surface area contributed by atoms with Crippen LogP contribution >= 0.6 is 0 Å². The third kappa shape index (κ3) is 2.38. The zero-order chi connectivity index (χ0) is 9.97. The van der Waals surface area contributed by atoms with E-state index in [-0.39, 0.29) is 0 Å². The van der Waals surface area contributed by atoms with Gasteiger partial charge in [-0.2, -0.15) is 0 Å². The summed E-state index contributed by atoms with van der Waals surface area (Å²) in [5.41, 5.74) is 0. The van der Waals surface area contributed by atoms with Gasteiger partial charge in [-0.3, -0.25) is 0 Å². The first-order valence-corrected chi connectivity index (χ1v) is 6.14. The molecule has 0 unspecified atom stereocenters. The molecular formula is C13H23N. The van der Waals surface area contributed by atoms with Crippen molar-refractivity contribution in [1.82, 2.24) is 5.32 Å². The topological polar surface area (TPSA) is 12.0 Å². The van der Waals surface area contributed by atoms with Gasteiger partial charge in [0.1, 0.15) is 0 Å². The van der Waals surface area contributed by atoms with Crippen LogP contribution < -0.4 is 5.32 Å². The Labute approximate surface area is 88.0 Å². The van der Waals surface area contributed by atoms with E-state index < -0.39 is 0 Å². The van der Waals surface area contributed by atoms with Gasteiger partial charge in [-0.1, -0.05) is 26.0 Å². The van der Waals surface area contributed by atoms with Crippen LogP contribution in [0.25, 0.3) is 0 Å². The molecular weight excluding hydrogens is 170 g/mol. The predicted octanol–water partition coefficient (Wildman–Crippen LogP) is 2.83.